The molecule has 2 aliphatic rings. The summed E-state index contributed by atoms with van der Waals surface area (Å²) in [5, 5.41) is 7.00. The number of rotatable bonds is 2. The molecule has 4 heteroatoms. The maximum Gasteiger partial charge on any atom is 0.142 e. The van der Waals surface area contributed by atoms with E-state index in [1.165, 1.54) is 22.4 Å². The molecule has 0 saturated carbocycles. The van der Waals surface area contributed by atoms with E-state index in [1.54, 1.807) is 0 Å². The average Bonchev–Trinajstić information content (AvgIpc) is 2.86. The van der Waals surface area contributed by atoms with Crippen LogP contribution in [0.1, 0.15) is 42.4 Å². The van der Waals surface area contributed by atoms with Gasteiger partial charge in [0.05, 0.1) is 18.8 Å². The van der Waals surface area contributed by atoms with Crippen molar-refractivity contribution in [3.63, 3.8) is 0 Å². The number of ether oxygens (including phenoxy) is 2. The first-order valence-corrected chi connectivity index (χ1v) is 11.0. The van der Waals surface area contributed by atoms with Gasteiger partial charge < -0.3 is 19.5 Å². The summed E-state index contributed by atoms with van der Waals surface area (Å²) in [6.07, 6.45) is 0. The van der Waals surface area contributed by atoms with E-state index in [0.29, 0.717) is 6.61 Å². The minimum absolute atomic E-state index is 0.262. The van der Waals surface area contributed by atoms with Crippen LogP contribution in [0.5, 0.6) is 11.5 Å². The molecular weight excluding hydrogens is 386 g/mol. The first kappa shape index (κ1) is 22.7. The van der Waals surface area contributed by atoms with Gasteiger partial charge >= 0.3 is 0 Å². The highest BCUT2D eigenvalue weighted by molar-refractivity contribution is 5.63. The van der Waals surface area contributed by atoms with Crippen molar-refractivity contribution in [3.05, 3.63) is 89.5 Å². The van der Waals surface area contributed by atoms with Crippen LogP contribution in [-0.4, -0.2) is 39.0 Å². The molecule has 0 saturated heterocycles. The van der Waals surface area contributed by atoms with Crippen molar-refractivity contribution in [2.45, 2.75) is 25.7 Å². The number of anilines is 1. The van der Waals surface area contributed by atoms with Crippen LogP contribution >= 0.6 is 0 Å². The van der Waals surface area contributed by atoms with Gasteiger partial charge in [-0.1, -0.05) is 68.4 Å². The van der Waals surface area contributed by atoms with Crippen molar-refractivity contribution in [2.75, 3.05) is 38.8 Å². The van der Waals surface area contributed by atoms with Gasteiger partial charge in [-0.2, -0.15) is 0 Å². The van der Waals surface area contributed by atoms with E-state index in [1.807, 2.05) is 19.9 Å². The van der Waals surface area contributed by atoms with Crippen LogP contribution in [0.3, 0.4) is 0 Å². The molecule has 31 heavy (non-hydrogen) atoms. The maximum absolute atomic E-state index is 7.00. The highest BCUT2D eigenvalue weighted by atomic mass is 16.5. The molecule has 5 rings (SSSR count). The zero-order valence-corrected chi connectivity index (χ0v) is 18.9. The van der Waals surface area contributed by atoms with Crippen molar-refractivity contribution in [2.24, 2.45) is 0 Å². The molecule has 0 amide bonds. The van der Waals surface area contributed by atoms with Gasteiger partial charge in [0, 0.05) is 31.6 Å². The molecule has 2 atom stereocenters. The maximum atomic E-state index is 7.00. The summed E-state index contributed by atoms with van der Waals surface area (Å²) in [6, 6.07) is 25.8. The Kier molecular flexibility index (Phi) is 7.96. The van der Waals surface area contributed by atoms with E-state index in [-0.39, 0.29) is 11.8 Å². The minimum atomic E-state index is 0.262. The third kappa shape index (κ3) is 4.70. The second-order valence-corrected chi connectivity index (χ2v) is 7.34. The van der Waals surface area contributed by atoms with Gasteiger partial charge in [0.2, 0.25) is 0 Å². The molecule has 1 N–H and O–H groups in total. The fourth-order valence-electron chi connectivity index (χ4n) is 4.32. The molecule has 3 aromatic carbocycles. The molecule has 3 aromatic rings. The van der Waals surface area contributed by atoms with Gasteiger partial charge in [-0.25, -0.2) is 0 Å². The second kappa shape index (κ2) is 10.9. The molecule has 2 heterocycles. The van der Waals surface area contributed by atoms with Gasteiger partial charge in [0.1, 0.15) is 18.1 Å². The van der Waals surface area contributed by atoms with Gasteiger partial charge in [0.15, 0.2) is 0 Å². The molecule has 0 aliphatic carbocycles. The third-order valence-corrected chi connectivity index (χ3v) is 5.74. The van der Waals surface area contributed by atoms with Crippen molar-refractivity contribution in [1.82, 2.24) is 0 Å². The molecule has 0 spiro atoms. The predicted molar refractivity (Wildman–Crippen MR) is 128 cm³/mol. The number of likely N-dealkylation sites (N-methyl/N-ethyl adjacent to an activating group) is 1. The van der Waals surface area contributed by atoms with E-state index in [2.05, 4.69) is 78.7 Å². The average molecular weight is 420 g/mol. The van der Waals surface area contributed by atoms with E-state index in [0.717, 1.165) is 31.8 Å². The summed E-state index contributed by atoms with van der Waals surface area (Å²) in [7, 11) is 3.14. The summed E-state index contributed by atoms with van der Waals surface area (Å²) < 4.78 is 12.0. The minimum Gasteiger partial charge on any atom is -0.493 e. The van der Waals surface area contributed by atoms with E-state index in [9.17, 15) is 0 Å². The zero-order valence-electron chi connectivity index (χ0n) is 18.9. The van der Waals surface area contributed by atoms with Crippen LogP contribution in [0.25, 0.3) is 0 Å². The summed E-state index contributed by atoms with van der Waals surface area (Å²) in [5.41, 5.74) is 5.07. The normalized spacial score (nSPS) is 18.5. The Labute approximate surface area is 186 Å². The molecule has 0 radical (unpaired) electrons. The van der Waals surface area contributed by atoms with Gasteiger partial charge in [0.25, 0.3) is 0 Å². The van der Waals surface area contributed by atoms with Crippen molar-refractivity contribution in [3.8, 4) is 11.5 Å². The zero-order chi connectivity index (χ0) is 22.2. The number of fused-ring (bicyclic) bond motifs is 2. The molecule has 0 aromatic heterocycles. The van der Waals surface area contributed by atoms with Crippen LogP contribution in [0.2, 0.25) is 0 Å². The number of para-hydroxylation sites is 1. The Morgan fingerprint density at radius 3 is 2.29 bits per heavy atom. The molecule has 4 nitrogen and oxygen atoms in total. The smallest absolute Gasteiger partial charge is 0.142 e. The molecule has 0 fully saturated rings. The Hall–Kier alpha value is -2.98. The fourth-order valence-corrected chi connectivity index (χ4v) is 4.32. The Morgan fingerprint density at radius 1 is 0.806 bits per heavy atom. The van der Waals surface area contributed by atoms with Gasteiger partial charge in [-0.3, -0.25) is 0 Å². The number of hydrogen-bond acceptors (Lipinski definition) is 4. The Balaban J connectivity index is 0.000000645. The summed E-state index contributed by atoms with van der Waals surface area (Å²) in [5.74, 6) is 2.52. The highest BCUT2D eigenvalue weighted by Gasteiger charge is 2.34. The van der Waals surface area contributed by atoms with Crippen LogP contribution in [0, 0.1) is 0 Å². The van der Waals surface area contributed by atoms with Crippen molar-refractivity contribution < 1.29 is 14.6 Å². The fraction of sp³-hybridized carbons (Fsp3) is 0.333. The van der Waals surface area contributed by atoms with E-state index < -0.39 is 0 Å². The molecule has 0 bridgehead atoms. The van der Waals surface area contributed by atoms with Crippen LogP contribution in [-0.2, 0) is 0 Å². The lowest BCUT2D eigenvalue weighted by Gasteiger charge is -2.35. The molecule has 164 valence electrons. The highest BCUT2D eigenvalue weighted by Crippen LogP contribution is 2.47. The van der Waals surface area contributed by atoms with Gasteiger partial charge in [-0.05, 0) is 29.3 Å². The predicted octanol–water partition coefficient (Wildman–Crippen LogP) is 5.46. The third-order valence-electron chi connectivity index (χ3n) is 5.74. The summed E-state index contributed by atoms with van der Waals surface area (Å²) in [6.45, 7) is 6.35. The Morgan fingerprint density at radius 2 is 1.52 bits per heavy atom. The summed E-state index contributed by atoms with van der Waals surface area (Å²) in [4.78, 5) is 2.28. The number of aliphatic hydroxyl groups excluding tert-OH is 1. The molecular formula is C27H33NO3. The summed E-state index contributed by atoms with van der Waals surface area (Å²) >= 11 is 0. The van der Waals surface area contributed by atoms with Crippen LogP contribution in [0.4, 0.5) is 5.69 Å². The topological polar surface area (TPSA) is 41.9 Å². The van der Waals surface area contributed by atoms with E-state index >= 15 is 0 Å². The van der Waals surface area contributed by atoms with Gasteiger partial charge in [-0.15, -0.1) is 0 Å². The van der Waals surface area contributed by atoms with Crippen molar-refractivity contribution >= 4 is 5.69 Å². The molecule has 2 unspecified atom stereocenters. The number of aliphatic hydroxyl groups is 1. The van der Waals surface area contributed by atoms with Crippen molar-refractivity contribution in [1.29, 1.82) is 0 Å². The number of benzene rings is 3. The number of nitrogens with zero attached hydrogens (tertiary/aromatic N) is 1. The van der Waals surface area contributed by atoms with E-state index in [4.69, 9.17) is 14.6 Å². The first-order chi connectivity index (χ1) is 15.3. The molecule has 2 aliphatic heterocycles. The monoisotopic (exact) mass is 419 g/mol. The second-order valence-electron chi connectivity index (χ2n) is 7.34. The lowest BCUT2D eigenvalue weighted by atomic mass is 9.76. The first-order valence-electron chi connectivity index (χ1n) is 11.0. The number of hydrogen-bond donors (Lipinski definition) is 1. The largest absolute Gasteiger partial charge is 0.493 e. The SMILES string of the molecule is CC.CN1CCOc2ccc(C3c4ccccc4OCC3c3ccccc3)cc21.CO. The Bertz CT molecular complexity index is 958. The lowest BCUT2D eigenvalue weighted by Crippen LogP contribution is -2.29. The standard InChI is InChI=1S/C24H23NO2.C2H6.CH4O/c1-25-13-14-26-23-12-11-18(15-21(23)25)24-19-9-5-6-10-22(19)27-16-20(24)17-7-3-2-4-8-17;2*1-2/h2-12,15,20,24H,13-14,16H2,1H3;1-2H3;2H,1H3. The van der Waals surface area contributed by atoms with Crippen LogP contribution in [0.15, 0.2) is 72.8 Å². The van der Waals surface area contributed by atoms with Crippen LogP contribution < -0.4 is 14.4 Å². The lowest BCUT2D eigenvalue weighted by molar-refractivity contribution is 0.249. The quantitative estimate of drug-likeness (QED) is 0.599.